The fourth-order valence-corrected chi connectivity index (χ4v) is 1.47. The van der Waals surface area contributed by atoms with Gasteiger partial charge >= 0.3 is 0 Å². The van der Waals surface area contributed by atoms with E-state index in [0.29, 0.717) is 5.92 Å². The first-order chi connectivity index (χ1) is 5.24. The second kappa shape index (κ2) is 3.56. The maximum absolute atomic E-state index is 3.97. The van der Waals surface area contributed by atoms with Crippen molar-refractivity contribution in [3.8, 4) is 0 Å². The van der Waals surface area contributed by atoms with Gasteiger partial charge in [0.25, 0.3) is 0 Å². The van der Waals surface area contributed by atoms with Crippen LogP contribution in [0, 0.1) is 5.92 Å². The fraction of sp³-hybridized carbons (Fsp3) is 0.455. The minimum atomic E-state index is 0.663. The Bertz CT molecular complexity index is 196. The van der Waals surface area contributed by atoms with Crippen molar-refractivity contribution in [1.82, 2.24) is 0 Å². The highest BCUT2D eigenvalue weighted by atomic mass is 14.2. The van der Waals surface area contributed by atoms with Crippen LogP contribution in [0.2, 0.25) is 0 Å². The van der Waals surface area contributed by atoms with Crippen LogP contribution in [-0.2, 0) is 0 Å². The molecule has 0 radical (unpaired) electrons. The molecule has 0 heteroatoms. The smallest absolute Gasteiger partial charge is 0.0130 e. The monoisotopic (exact) mass is 148 g/mol. The summed E-state index contributed by atoms with van der Waals surface area (Å²) in [6.45, 7) is 9.91. The van der Waals surface area contributed by atoms with Gasteiger partial charge in [-0.2, -0.15) is 0 Å². The third-order valence-corrected chi connectivity index (χ3v) is 2.42. The minimum absolute atomic E-state index is 0.663. The van der Waals surface area contributed by atoms with Crippen LogP contribution >= 0.6 is 0 Å². The highest BCUT2D eigenvalue weighted by Crippen LogP contribution is 2.28. The van der Waals surface area contributed by atoms with Crippen LogP contribution < -0.4 is 0 Å². The first kappa shape index (κ1) is 8.32. The molecule has 1 aliphatic carbocycles. The average Bonchev–Trinajstić information content (AvgIpc) is 2.05. The molecular formula is C11H16. The van der Waals surface area contributed by atoms with Crippen LogP contribution in [0.1, 0.15) is 26.2 Å². The van der Waals surface area contributed by atoms with Crippen LogP contribution in [-0.4, -0.2) is 0 Å². The summed E-state index contributed by atoms with van der Waals surface area (Å²) in [5.74, 6) is 0.663. The molecule has 1 atom stereocenters. The highest BCUT2D eigenvalue weighted by Gasteiger charge is 2.12. The Morgan fingerprint density at radius 2 is 2.45 bits per heavy atom. The molecule has 0 aromatic carbocycles. The summed E-state index contributed by atoms with van der Waals surface area (Å²) in [6, 6.07) is 0. The molecule has 60 valence electrons. The standard InChI is InChI=1S/C11H16/c1-4-10(3)11-7-5-9(2)6-8-11/h4-5,11H,1,3,6-8H2,2H3/t11-/m1/s1. The van der Waals surface area contributed by atoms with Gasteiger partial charge < -0.3 is 0 Å². The molecule has 0 nitrogen and oxygen atoms in total. The van der Waals surface area contributed by atoms with E-state index in [1.54, 1.807) is 0 Å². The molecule has 1 rings (SSSR count). The molecule has 0 saturated heterocycles. The van der Waals surface area contributed by atoms with Crippen molar-refractivity contribution in [1.29, 1.82) is 0 Å². The summed E-state index contributed by atoms with van der Waals surface area (Å²) in [6.07, 6.45) is 7.86. The van der Waals surface area contributed by atoms with E-state index in [9.17, 15) is 0 Å². The number of rotatable bonds is 2. The zero-order valence-electron chi connectivity index (χ0n) is 7.27. The molecular weight excluding hydrogens is 132 g/mol. The molecule has 0 aromatic rings. The molecule has 0 aliphatic heterocycles. The van der Waals surface area contributed by atoms with Crippen LogP contribution in [0.25, 0.3) is 0 Å². The Balaban J connectivity index is 2.53. The molecule has 0 N–H and O–H groups in total. The second-order valence-corrected chi connectivity index (χ2v) is 3.30. The lowest BCUT2D eigenvalue weighted by Gasteiger charge is -2.20. The quantitative estimate of drug-likeness (QED) is 0.415. The van der Waals surface area contributed by atoms with Gasteiger partial charge in [0.05, 0.1) is 0 Å². The Labute approximate surface area is 69.3 Å². The SMILES string of the molecule is C=CC(=C)[C@@H]1CC=C(C)CC1. The predicted molar refractivity (Wildman–Crippen MR) is 50.4 cm³/mol. The molecule has 0 heterocycles. The lowest BCUT2D eigenvalue weighted by Crippen LogP contribution is -2.05. The third kappa shape index (κ3) is 2.07. The van der Waals surface area contributed by atoms with E-state index in [4.69, 9.17) is 0 Å². The zero-order chi connectivity index (χ0) is 8.27. The Hall–Kier alpha value is -0.780. The molecule has 0 unspecified atom stereocenters. The number of allylic oxidation sites excluding steroid dienone is 4. The summed E-state index contributed by atoms with van der Waals surface area (Å²) in [7, 11) is 0. The molecule has 1 aliphatic rings. The first-order valence-corrected chi connectivity index (χ1v) is 4.21. The second-order valence-electron chi connectivity index (χ2n) is 3.30. The van der Waals surface area contributed by atoms with E-state index in [-0.39, 0.29) is 0 Å². The fourth-order valence-electron chi connectivity index (χ4n) is 1.47. The van der Waals surface area contributed by atoms with Crippen LogP contribution in [0.3, 0.4) is 0 Å². The third-order valence-electron chi connectivity index (χ3n) is 2.42. The molecule has 0 saturated carbocycles. The zero-order valence-corrected chi connectivity index (χ0v) is 7.27. The van der Waals surface area contributed by atoms with Gasteiger partial charge in [-0.05, 0) is 32.1 Å². The van der Waals surface area contributed by atoms with Crippen molar-refractivity contribution in [3.05, 3.63) is 36.5 Å². The summed E-state index contributed by atoms with van der Waals surface area (Å²) < 4.78 is 0. The van der Waals surface area contributed by atoms with Crippen molar-refractivity contribution in [2.45, 2.75) is 26.2 Å². The maximum atomic E-state index is 3.97. The van der Waals surface area contributed by atoms with Gasteiger partial charge in [0, 0.05) is 0 Å². The van der Waals surface area contributed by atoms with Crippen molar-refractivity contribution in [3.63, 3.8) is 0 Å². The first-order valence-electron chi connectivity index (χ1n) is 4.21. The lowest BCUT2D eigenvalue weighted by molar-refractivity contribution is 0.550. The summed E-state index contributed by atoms with van der Waals surface area (Å²) in [5.41, 5.74) is 2.73. The maximum Gasteiger partial charge on any atom is -0.0130 e. The van der Waals surface area contributed by atoms with Crippen LogP contribution in [0.5, 0.6) is 0 Å². The molecule has 11 heavy (non-hydrogen) atoms. The van der Waals surface area contributed by atoms with E-state index in [1.807, 2.05) is 6.08 Å². The lowest BCUT2D eigenvalue weighted by atomic mass is 9.85. The summed E-state index contributed by atoms with van der Waals surface area (Å²) in [4.78, 5) is 0. The van der Waals surface area contributed by atoms with Gasteiger partial charge in [-0.15, -0.1) is 0 Å². The van der Waals surface area contributed by atoms with Gasteiger partial charge in [-0.25, -0.2) is 0 Å². The van der Waals surface area contributed by atoms with E-state index in [1.165, 1.54) is 24.0 Å². The van der Waals surface area contributed by atoms with Gasteiger partial charge in [0.1, 0.15) is 0 Å². The van der Waals surface area contributed by atoms with Gasteiger partial charge in [0.15, 0.2) is 0 Å². The normalized spacial score (nSPS) is 24.1. The Morgan fingerprint density at radius 1 is 1.73 bits per heavy atom. The van der Waals surface area contributed by atoms with E-state index < -0.39 is 0 Å². The van der Waals surface area contributed by atoms with Gasteiger partial charge in [-0.1, -0.05) is 36.5 Å². The van der Waals surface area contributed by atoms with Crippen molar-refractivity contribution in [2.24, 2.45) is 5.92 Å². The minimum Gasteiger partial charge on any atom is -0.0988 e. The van der Waals surface area contributed by atoms with Gasteiger partial charge in [0.2, 0.25) is 0 Å². The Kier molecular flexibility index (Phi) is 2.70. The van der Waals surface area contributed by atoms with Crippen molar-refractivity contribution >= 4 is 0 Å². The predicted octanol–water partition coefficient (Wildman–Crippen LogP) is 3.48. The summed E-state index contributed by atoms with van der Waals surface area (Å²) >= 11 is 0. The molecule has 0 amide bonds. The largest absolute Gasteiger partial charge is 0.0988 e. The van der Waals surface area contributed by atoms with Crippen molar-refractivity contribution in [2.75, 3.05) is 0 Å². The van der Waals surface area contributed by atoms with Crippen LogP contribution in [0.4, 0.5) is 0 Å². The number of hydrogen-bond donors (Lipinski definition) is 0. The topological polar surface area (TPSA) is 0 Å². The van der Waals surface area contributed by atoms with E-state index in [2.05, 4.69) is 26.2 Å². The molecule has 0 bridgehead atoms. The molecule has 0 spiro atoms. The van der Waals surface area contributed by atoms with Crippen LogP contribution in [0.15, 0.2) is 36.5 Å². The average molecular weight is 148 g/mol. The van der Waals surface area contributed by atoms with Crippen molar-refractivity contribution < 1.29 is 0 Å². The molecule has 0 fully saturated rings. The van der Waals surface area contributed by atoms with E-state index in [0.717, 1.165) is 6.42 Å². The molecule has 0 aromatic heterocycles. The van der Waals surface area contributed by atoms with E-state index >= 15 is 0 Å². The summed E-state index contributed by atoms with van der Waals surface area (Å²) in [5, 5.41) is 0. The highest BCUT2D eigenvalue weighted by molar-refractivity contribution is 5.19. The van der Waals surface area contributed by atoms with Gasteiger partial charge in [-0.3, -0.25) is 0 Å². The Morgan fingerprint density at radius 3 is 2.91 bits per heavy atom. The number of hydrogen-bond acceptors (Lipinski definition) is 0.